The molecule has 4 rings (SSSR count). The topological polar surface area (TPSA) is 59.8 Å². The number of hydrogen-bond acceptors (Lipinski definition) is 3. The smallest absolute Gasteiger partial charge is 0.273 e. The van der Waals surface area contributed by atoms with Crippen LogP contribution in [0, 0.1) is 0 Å². The highest BCUT2D eigenvalue weighted by atomic mass is 16.2. The largest absolute Gasteiger partial charge is 0.321 e. The van der Waals surface area contributed by atoms with Crippen molar-refractivity contribution in [1.82, 2.24) is 14.8 Å². The molecule has 0 aliphatic carbocycles. The molecule has 1 N–H and O–H groups in total. The summed E-state index contributed by atoms with van der Waals surface area (Å²) in [6.07, 6.45) is 1.61. The Bertz CT molecular complexity index is 1160. The molecule has 0 saturated heterocycles. The van der Waals surface area contributed by atoms with Gasteiger partial charge < -0.3 is 5.32 Å². The van der Waals surface area contributed by atoms with Crippen molar-refractivity contribution in [2.24, 2.45) is 7.05 Å². The minimum atomic E-state index is -0.190. The van der Waals surface area contributed by atoms with Gasteiger partial charge in [0, 0.05) is 29.9 Å². The van der Waals surface area contributed by atoms with E-state index in [1.807, 2.05) is 30.3 Å². The van der Waals surface area contributed by atoms with E-state index in [1.165, 1.54) is 5.56 Å². The van der Waals surface area contributed by atoms with Crippen LogP contribution in [0.15, 0.2) is 66.9 Å². The predicted octanol–water partition coefficient (Wildman–Crippen LogP) is 5.01. The van der Waals surface area contributed by atoms with Gasteiger partial charge in [0.1, 0.15) is 5.69 Å². The summed E-state index contributed by atoms with van der Waals surface area (Å²) in [5.74, 6) is 0.300. The number of carbonyl (C=O) groups is 1. The van der Waals surface area contributed by atoms with Crippen LogP contribution in [0.3, 0.4) is 0 Å². The first kappa shape index (κ1) is 17.9. The third-order valence-electron chi connectivity index (χ3n) is 4.85. The number of aromatic nitrogens is 3. The molecular formula is C23H22N4O. The standard InChI is InChI=1S/C23H22N4O/c1-15(2)16-7-9-21-18(13-16)8-10-20(26-21)17-5-4-6-19(14-17)25-23(28)22-11-12-24-27(22)3/h4-15H,1-3H3,(H,25,28). The number of amides is 1. The zero-order chi connectivity index (χ0) is 19.7. The summed E-state index contributed by atoms with van der Waals surface area (Å²) in [7, 11) is 1.75. The summed E-state index contributed by atoms with van der Waals surface area (Å²) in [6.45, 7) is 4.38. The summed E-state index contributed by atoms with van der Waals surface area (Å²) in [5, 5.41) is 8.10. The van der Waals surface area contributed by atoms with Crippen molar-refractivity contribution < 1.29 is 4.79 Å². The van der Waals surface area contributed by atoms with Gasteiger partial charge in [0.15, 0.2) is 0 Å². The van der Waals surface area contributed by atoms with Crippen LogP contribution < -0.4 is 5.32 Å². The minimum Gasteiger partial charge on any atom is -0.321 e. The summed E-state index contributed by atoms with van der Waals surface area (Å²) < 4.78 is 1.55. The van der Waals surface area contributed by atoms with Gasteiger partial charge in [-0.2, -0.15) is 5.10 Å². The van der Waals surface area contributed by atoms with Gasteiger partial charge >= 0.3 is 0 Å². The van der Waals surface area contributed by atoms with Crippen LogP contribution in [0.4, 0.5) is 5.69 Å². The molecule has 0 radical (unpaired) electrons. The summed E-state index contributed by atoms with van der Waals surface area (Å²) in [4.78, 5) is 17.2. The Kier molecular flexibility index (Phi) is 4.65. The van der Waals surface area contributed by atoms with Crippen LogP contribution in [0.1, 0.15) is 35.8 Å². The van der Waals surface area contributed by atoms with E-state index < -0.39 is 0 Å². The van der Waals surface area contributed by atoms with Crippen LogP contribution in [0.2, 0.25) is 0 Å². The average molecular weight is 370 g/mol. The Morgan fingerprint density at radius 3 is 2.64 bits per heavy atom. The molecule has 2 aromatic heterocycles. The van der Waals surface area contributed by atoms with Crippen LogP contribution in [-0.2, 0) is 7.05 Å². The highest BCUT2D eigenvalue weighted by molar-refractivity contribution is 6.03. The number of rotatable bonds is 4. The molecule has 0 aliphatic heterocycles. The fourth-order valence-electron chi connectivity index (χ4n) is 3.21. The van der Waals surface area contributed by atoms with Crippen LogP contribution in [0.25, 0.3) is 22.2 Å². The van der Waals surface area contributed by atoms with Gasteiger partial charge in [0.05, 0.1) is 11.2 Å². The SMILES string of the molecule is CC(C)c1ccc2nc(-c3cccc(NC(=O)c4ccnn4C)c3)ccc2c1. The number of anilines is 1. The van der Waals surface area contributed by atoms with E-state index >= 15 is 0 Å². The maximum Gasteiger partial charge on any atom is 0.273 e. The number of aryl methyl sites for hydroxylation is 1. The third kappa shape index (κ3) is 3.51. The molecule has 0 unspecified atom stereocenters. The fourth-order valence-corrected chi connectivity index (χ4v) is 3.21. The molecule has 4 aromatic rings. The summed E-state index contributed by atoms with van der Waals surface area (Å²) in [5.41, 5.74) is 5.34. The van der Waals surface area contributed by atoms with E-state index in [-0.39, 0.29) is 5.91 Å². The lowest BCUT2D eigenvalue weighted by Gasteiger charge is -2.10. The fraction of sp³-hybridized carbons (Fsp3) is 0.174. The number of hydrogen-bond donors (Lipinski definition) is 1. The molecule has 0 aliphatic rings. The Balaban J connectivity index is 1.62. The number of benzene rings is 2. The van der Waals surface area contributed by atoms with Gasteiger partial charge in [-0.15, -0.1) is 0 Å². The quantitative estimate of drug-likeness (QED) is 0.549. The highest BCUT2D eigenvalue weighted by Crippen LogP contribution is 2.26. The normalized spacial score (nSPS) is 11.1. The molecule has 1 amide bonds. The lowest BCUT2D eigenvalue weighted by Crippen LogP contribution is -2.16. The van der Waals surface area contributed by atoms with Crippen molar-refractivity contribution in [3.05, 3.63) is 78.1 Å². The van der Waals surface area contributed by atoms with Gasteiger partial charge in [0.25, 0.3) is 5.91 Å². The Labute approximate surface area is 164 Å². The van der Waals surface area contributed by atoms with Crippen LogP contribution in [-0.4, -0.2) is 20.7 Å². The molecule has 2 heterocycles. The summed E-state index contributed by atoms with van der Waals surface area (Å²) >= 11 is 0. The number of nitrogens with one attached hydrogen (secondary N) is 1. The van der Waals surface area contributed by atoms with E-state index in [2.05, 4.69) is 48.5 Å². The van der Waals surface area contributed by atoms with Crippen molar-refractivity contribution in [3.63, 3.8) is 0 Å². The molecular weight excluding hydrogens is 348 g/mol. The van der Waals surface area contributed by atoms with Crippen molar-refractivity contribution >= 4 is 22.5 Å². The lowest BCUT2D eigenvalue weighted by atomic mass is 10.0. The first-order valence-electron chi connectivity index (χ1n) is 9.32. The molecule has 0 fully saturated rings. The molecule has 0 bridgehead atoms. The van der Waals surface area contributed by atoms with E-state index in [0.717, 1.165) is 27.8 Å². The van der Waals surface area contributed by atoms with E-state index in [1.54, 1.807) is 24.0 Å². The molecule has 28 heavy (non-hydrogen) atoms. The zero-order valence-corrected chi connectivity index (χ0v) is 16.2. The number of pyridine rings is 1. The van der Waals surface area contributed by atoms with Crippen molar-refractivity contribution in [1.29, 1.82) is 0 Å². The van der Waals surface area contributed by atoms with E-state index in [9.17, 15) is 4.79 Å². The maximum absolute atomic E-state index is 12.4. The first-order chi connectivity index (χ1) is 13.5. The van der Waals surface area contributed by atoms with Gasteiger partial charge in [-0.05, 0) is 47.9 Å². The monoisotopic (exact) mass is 370 g/mol. The highest BCUT2D eigenvalue weighted by Gasteiger charge is 2.11. The van der Waals surface area contributed by atoms with Crippen molar-refractivity contribution in [3.8, 4) is 11.3 Å². The van der Waals surface area contributed by atoms with Gasteiger partial charge in [-0.1, -0.05) is 38.1 Å². The number of nitrogens with zero attached hydrogens (tertiary/aromatic N) is 3. The Morgan fingerprint density at radius 2 is 1.89 bits per heavy atom. The van der Waals surface area contributed by atoms with E-state index in [0.29, 0.717) is 11.6 Å². The van der Waals surface area contributed by atoms with Gasteiger partial charge in [0.2, 0.25) is 0 Å². The molecule has 2 aromatic carbocycles. The van der Waals surface area contributed by atoms with Crippen LogP contribution in [0.5, 0.6) is 0 Å². The molecule has 0 spiro atoms. The molecule has 140 valence electrons. The molecule has 0 saturated carbocycles. The van der Waals surface area contributed by atoms with Crippen molar-refractivity contribution in [2.75, 3.05) is 5.32 Å². The average Bonchev–Trinajstić information content (AvgIpc) is 3.13. The third-order valence-corrected chi connectivity index (χ3v) is 4.85. The zero-order valence-electron chi connectivity index (χ0n) is 16.2. The second kappa shape index (κ2) is 7.27. The lowest BCUT2D eigenvalue weighted by molar-refractivity contribution is 0.101. The van der Waals surface area contributed by atoms with Crippen molar-refractivity contribution in [2.45, 2.75) is 19.8 Å². The number of carbonyl (C=O) groups excluding carboxylic acids is 1. The minimum absolute atomic E-state index is 0.190. The number of fused-ring (bicyclic) bond motifs is 1. The van der Waals surface area contributed by atoms with E-state index in [4.69, 9.17) is 4.98 Å². The Hall–Kier alpha value is -3.47. The predicted molar refractivity (Wildman–Crippen MR) is 112 cm³/mol. The van der Waals surface area contributed by atoms with Gasteiger partial charge in [-0.3, -0.25) is 9.48 Å². The maximum atomic E-state index is 12.4. The second-order valence-electron chi connectivity index (χ2n) is 7.18. The Morgan fingerprint density at radius 1 is 1.04 bits per heavy atom. The second-order valence-corrected chi connectivity index (χ2v) is 7.18. The first-order valence-corrected chi connectivity index (χ1v) is 9.32. The molecule has 5 nitrogen and oxygen atoms in total. The summed E-state index contributed by atoms with van der Waals surface area (Å²) in [6, 6.07) is 19.9. The van der Waals surface area contributed by atoms with Crippen LogP contribution >= 0.6 is 0 Å². The van der Waals surface area contributed by atoms with Gasteiger partial charge in [-0.25, -0.2) is 4.98 Å². The molecule has 5 heteroatoms. The molecule has 0 atom stereocenters.